The summed E-state index contributed by atoms with van der Waals surface area (Å²) in [4.78, 5) is 11.4. The van der Waals surface area contributed by atoms with Crippen molar-refractivity contribution in [2.45, 2.75) is 6.10 Å². The van der Waals surface area contributed by atoms with Gasteiger partial charge in [0.25, 0.3) is 5.91 Å². The van der Waals surface area contributed by atoms with Gasteiger partial charge in [0, 0.05) is 19.7 Å². The number of aliphatic hydroxyl groups excluding tert-OH is 1. The minimum absolute atomic E-state index is 0.109. The molecule has 1 rings (SSSR count). The maximum absolute atomic E-state index is 11.4. The number of halogens is 2. The summed E-state index contributed by atoms with van der Waals surface area (Å²) >= 11 is 11.6. The van der Waals surface area contributed by atoms with E-state index in [-0.39, 0.29) is 25.7 Å². The molecule has 0 aliphatic carbocycles. The summed E-state index contributed by atoms with van der Waals surface area (Å²) < 4.78 is 9.96. The van der Waals surface area contributed by atoms with Crippen molar-refractivity contribution in [3.8, 4) is 5.75 Å². The lowest BCUT2D eigenvalue weighted by Crippen LogP contribution is -2.36. The Morgan fingerprint density at radius 1 is 1.42 bits per heavy atom. The molecule has 0 radical (unpaired) electrons. The molecule has 106 valence electrons. The molecule has 7 heteroatoms. The van der Waals surface area contributed by atoms with E-state index in [0.717, 1.165) is 0 Å². The normalized spacial score (nSPS) is 12.0. The van der Waals surface area contributed by atoms with E-state index in [2.05, 4.69) is 5.32 Å². The smallest absolute Gasteiger partial charge is 0.258 e. The predicted molar refractivity (Wildman–Crippen MR) is 72.8 cm³/mol. The molecule has 0 bridgehead atoms. The van der Waals surface area contributed by atoms with Gasteiger partial charge < -0.3 is 19.9 Å². The molecular formula is C12H15Cl2NO4. The van der Waals surface area contributed by atoms with Gasteiger partial charge in [0.1, 0.15) is 5.75 Å². The van der Waals surface area contributed by atoms with Gasteiger partial charge in [-0.1, -0.05) is 23.2 Å². The van der Waals surface area contributed by atoms with Crippen LogP contribution in [0.15, 0.2) is 18.2 Å². The van der Waals surface area contributed by atoms with Gasteiger partial charge in [-0.05, 0) is 12.1 Å². The number of ether oxygens (including phenoxy) is 2. The molecule has 1 atom stereocenters. The zero-order chi connectivity index (χ0) is 14.3. The van der Waals surface area contributed by atoms with Gasteiger partial charge in [-0.15, -0.1) is 0 Å². The van der Waals surface area contributed by atoms with Crippen molar-refractivity contribution in [3.63, 3.8) is 0 Å². The first-order chi connectivity index (χ1) is 9.02. The quantitative estimate of drug-likeness (QED) is 0.801. The summed E-state index contributed by atoms with van der Waals surface area (Å²) in [6, 6.07) is 4.72. The predicted octanol–water partition coefficient (Wildman–Crippen LogP) is 1.50. The highest BCUT2D eigenvalue weighted by molar-refractivity contribution is 6.42. The lowest BCUT2D eigenvalue weighted by molar-refractivity contribution is -0.123. The summed E-state index contributed by atoms with van der Waals surface area (Å²) in [5, 5.41) is 12.6. The molecule has 0 fully saturated rings. The van der Waals surface area contributed by atoms with Gasteiger partial charge in [-0.25, -0.2) is 0 Å². The number of amides is 1. The van der Waals surface area contributed by atoms with Gasteiger partial charge in [0.05, 0.1) is 22.8 Å². The third-order valence-electron chi connectivity index (χ3n) is 2.15. The molecule has 5 nitrogen and oxygen atoms in total. The summed E-state index contributed by atoms with van der Waals surface area (Å²) in [7, 11) is 1.47. The maximum atomic E-state index is 11.4. The fourth-order valence-corrected chi connectivity index (χ4v) is 1.54. The van der Waals surface area contributed by atoms with Crippen molar-refractivity contribution in [1.29, 1.82) is 0 Å². The van der Waals surface area contributed by atoms with E-state index < -0.39 is 6.10 Å². The molecule has 0 spiro atoms. The molecule has 0 aliphatic heterocycles. The average molecular weight is 308 g/mol. The van der Waals surface area contributed by atoms with Gasteiger partial charge in [-0.3, -0.25) is 4.79 Å². The Bertz CT molecular complexity index is 428. The van der Waals surface area contributed by atoms with E-state index in [0.29, 0.717) is 15.8 Å². The zero-order valence-electron chi connectivity index (χ0n) is 10.4. The average Bonchev–Trinajstić information content (AvgIpc) is 2.38. The summed E-state index contributed by atoms with van der Waals surface area (Å²) in [6.07, 6.45) is -0.737. The van der Waals surface area contributed by atoms with E-state index in [9.17, 15) is 9.90 Å². The van der Waals surface area contributed by atoms with Crippen LogP contribution >= 0.6 is 23.2 Å². The second kappa shape index (κ2) is 8.22. The number of carbonyl (C=O) groups excluding carboxylic acids is 1. The molecule has 0 heterocycles. The summed E-state index contributed by atoms with van der Waals surface area (Å²) in [6.45, 7) is 0.100. The highest BCUT2D eigenvalue weighted by atomic mass is 35.5. The Hall–Kier alpha value is -1.01. The summed E-state index contributed by atoms with van der Waals surface area (Å²) in [5.41, 5.74) is 0. The number of methoxy groups -OCH3 is 1. The topological polar surface area (TPSA) is 67.8 Å². The van der Waals surface area contributed by atoms with Crippen LogP contribution in [0.25, 0.3) is 0 Å². The minimum Gasteiger partial charge on any atom is -0.484 e. The van der Waals surface area contributed by atoms with Crippen LogP contribution in [-0.2, 0) is 9.53 Å². The fourth-order valence-electron chi connectivity index (χ4n) is 1.25. The molecule has 1 aromatic carbocycles. The van der Waals surface area contributed by atoms with Crippen LogP contribution in [0.2, 0.25) is 10.0 Å². The molecule has 1 unspecified atom stereocenters. The standard InChI is InChI=1S/C12H15Cl2NO4/c1-18-6-8(16)5-15-12(17)7-19-9-2-3-10(13)11(14)4-9/h2-4,8,16H,5-7H2,1H3,(H,15,17). The lowest BCUT2D eigenvalue weighted by Gasteiger charge is -2.11. The Kier molecular flexibility index (Phi) is 6.94. The first-order valence-corrected chi connectivity index (χ1v) is 6.30. The van der Waals surface area contributed by atoms with Crippen molar-refractivity contribution in [2.24, 2.45) is 0 Å². The van der Waals surface area contributed by atoms with Crippen molar-refractivity contribution < 1.29 is 19.4 Å². The van der Waals surface area contributed by atoms with Crippen molar-refractivity contribution >= 4 is 29.1 Å². The zero-order valence-corrected chi connectivity index (χ0v) is 11.9. The molecule has 2 N–H and O–H groups in total. The van der Waals surface area contributed by atoms with Crippen LogP contribution < -0.4 is 10.1 Å². The van der Waals surface area contributed by atoms with Crippen LogP contribution in [0.5, 0.6) is 5.75 Å². The number of carbonyl (C=O) groups is 1. The maximum Gasteiger partial charge on any atom is 0.258 e. The van der Waals surface area contributed by atoms with Crippen molar-refractivity contribution in [2.75, 3.05) is 26.9 Å². The molecular weight excluding hydrogens is 293 g/mol. The second-order valence-corrected chi connectivity index (χ2v) is 4.59. The number of aliphatic hydroxyl groups is 1. The van der Waals surface area contributed by atoms with Crippen LogP contribution in [0.3, 0.4) is 0 Å². The van der Waals surface area contributed by atoms with Crippen LogP contribution in [-0.4, -0.2) is 44.0 Å². The minimum atomic E-state index is -0.737. The van der Waals surface area contributed by atoms with E-state index in [1.54, 1.807) is 12.1 Å². The molecule has 0 aliphatic rings. The molecule has 0 saturated heterocycles. The number of hydrogen-bond acceptors (Lipinski definition) is 4. The largest absolute Gasteiger partial charge is 0.484 e. The van der Waals surface area contributed by atoms with Crippen molar-refractivity contribution in [1.82, 2.24) is 5.32 Å². The molecule has 1 amide bonds. The number of benzene rings is 1. The summed E-state index contributed by atoms with van der Waals surface area (Å²) in [5.74, 6) is 0.100. The highest BCUT2D eigenvalue weighted by Crippen LogP contribution is 2.26. The van der Waals surface area contributed by atoms with E-state index in [1.165, 1.54) is 13.2 Å². The highest BCUT2D eigenvalue weighted by Gasteiger charge is 2.08. The van der Waals surface area contributed by atoms with Crippen LogP contribution in [0.4, 0.5) is 0 Å². The van der Waals surface area contributed by atoms with E-state index >= 15 is 0 Å². The Morgan fingerprint density at radius 2 is 2.16 bits per heavy atom. The molecule has 19 heavy (non-hydrogen) atoms. The Labute approximate surface area is 121 Å². The Balaban J connectivity index is 2.31. The molecule has 0 aromatic heterocycles. The lowest BCUT2D eigenvalue weighted by atomic mass is 10.3. The van der Waals surface area contributed by atoms with Crippen LogP contribution in [0.1, 0.15) is 0 Å². The fraction of sp³-hybridized carbons (Fsp3) is 0.417. The second-order valence-electron chi connectivity index (χ2n) is 3.78. The number of rotatable bonds is 7. The SMILES string of the molecule is COCC(O)CNC(=O)COc1ccc(Cl)c(Cl)c1. The van der Waals surface area contributed by atoms with E-state index in [1.807, 2.05) is 0 Å². The third-order valence-corrected chi connectivity index (χ3v) is 2.89. The van der Waals surface area contributed by atoms with Crippen LogP contribution in [0, 0.1) is 0 Å². The molecule has 0 saturated carbocycles. The monoisotopic (exact) mass is 307 g/mol. The third kappa shape index (κ3) is 6.11. The van der Waals surface area contributed by atoms with Gasteiger partial charge in [0.15, 0.2) is 6.61 Å². The van der Waals surface area contributed by atoms with E-state index in [4.69, 9.17) is 32.7 Å². The number of hydrogen-bond donors (Lipinski definition) is 2. The van der Waals surface area contributed by atoms with Gasteiger partial charge >= 0.3 is 0 Å². The van der Waals surface area contributed by atoms with Crippen molar-refractivity contribution in [3.05, 3.63) is 28.2 Å². The number of nitrogens with one attached hydrogen (secondary N) is 1. The first-order valence-electron chi connectivity index (χ1n) is 5.54. The Morgan fingerprint density at radius 3 is 2.79 bits per heavy atom. The molecule has 1 aromatic rings. The van der Waals surface area contributed by atoms with Gasteiger partial charge in [-0.2, -0.15) is 0 Å². The first kappa shape index (κ1) is 16.0. The van der Waals surface area contributed by atoms with Gasteiger partial charge in [0.2, 0.25) is 0 Å².